The second-order valence-electron chi connectivity index (χ2n) is 5.67. The molecule has 1 heterocycles. The van der Waals surface area contributed by atoms with Crippen molar-refractivity contribution >= 4 is 17.5 Å². The maximum Gasteiger partial charge on any atom is 0.248 e. The van der Waals surface area contributed by atoms with Crippen molar-refractivity contribution in [3.05, 3.63) is 75.9 Å². The van der Waals surface area contributed by atoms with Gasteiger partial charge in [0.25, 0.3) is 0 Å². The van der Waals surface area contributed by atoms with E-state index in [1.807, 2.05) is 12.1 Å². The van der Waals surface area contributed by atoms with E-state index in [1.165, 1.54) is 12.1 Å². The minimum atomic E-state index is -0.624. The molecule has 0 atom stereocenters. The fourth-order valence-corrected chi connectivity index (χ4v) is 2.95. The molecule has 3 rings (SSSR count). The lowest BCUT2D eigenvalue weighted by Crippen LogP contribution is -2.14. The van der Waals surface area contributed by atoms with Crippen molar-refractivity contribution in [2.75, 3.05) is 0 Å². The van der Waals surface area contributed by atoms with Gasteiger partial charge in [-0.1, -0.05) is 35.9 Å². The van der Waals surface area contributed by atoms with Crippen molar-refractivity contribution in [3.63, 3.8) is 0 Å². The molecule has 2 aromatic carbocycles. The molecule has 3 aromatic rings. The molecule has 0 bridgehead atoms. The highest BCUT2D eigenvalue weighted by atomic mass is 35.5. The Kier molecular flexibility index (Phi) is 5.01. The summed E-state index contributed by atoms with van der Waals surface area (Å²) in [5.41, 5.74) is 7.52. The quantitative estimate of drug-likeness (QED) is 0.719. The lowest BCUT2D eigenvalue weighted by atomic mass is 10.0. The van der Waals surface area contributed by atoms with Gasteiger partial charge in [-0.05, 0) is 30.2 Å². The van der Waals surface area contributed by atoms with Crippen LogP contribution in [0.4, 0.5) is 4.39 Å². The van der Waals surface area contributed by atoms with Gasteiger partial charge in [0.15, 0.2) is 0 Å². The van der Waals surface area contributed by atoms with Crippen LogP contribution in [0.2, 0.25) is 5.15 Å². The Morgan fingerprint density at radius 2 is 2.04 bits per heavy atom. The number of imidazole rings is 1. The van der Waals surface area contributed by atoms with Gasteiger partial charge in [-0.2, -0.15) is 5.26 Å². The zero-order valence-corrected chi connectivity index (χ0v) is 14.3. The Labute approximate surface area is 154 Å². The Hall–Kier alpha value is -3.17. The van der Waals surface area contributed by atoms with E-state index in [1.54, 1.807) is 24.3 Å². The summed E-state index contributed by atoms with van der Waals surface area (Å²) in [6.45, 7) is 0. The molecule has 0 aliphatic heterocycles. The fourth-order valence-electron chi connectivity index (χ4n) is 2.69. The second-order valence-corrected chi connectivity index (χ2v) is 6.05. The van der Waals surface area contributed by atoms with Crippen LogP contribution in [0.15, 0.2) is 42.5 Å². The Balaban J connectivity index is 1.82. The van der Waals surface area contributed by atoms with Crippen molar-refractivity contribution in [2.24, 2.45) is 5.73 Å². The highest BCUT2D eigenvalue weighted by molar-refractivity contribution is 6.31. The Bertz CT molecular complexity index is 1020. The van der Waals surface area contributed by atoms with E-state index in [-0.39, 0.29) is 10.7 Å². The van der Waals surface area contributed by atoms with Crippen LogP contribution in [0, 0.1) is 17.1 Å². The number of carbonyl (C=O) groups is 1. The predicted molar refractivity (Wildman–Crippen MR) is 96.1 cm³/mol. The zero-order chi connectivity index (χ0) is 18.7. The number of primary amides is 1. The van der Waals surface area contributed by atoms with Crippen LogP contribution in [-0.4, -0.2) is 15.9 Å². The SMILES string of the molecule is N#Cc1ccc(-c2nc(CCc3ccccc3C(N)=O)[nH]c2Cl)cc1F. The first kappa shape index (κ1) is 17.6. The largest absolute Gasteiger partial charge is 0.366 e. The van der Waals surface area contributed by atoms with Crippen LogP contribution in [0.1, 0.15) is 27.3 Å². The van der Waals surface area contributed by atoms with Crippen LogP contribution in [0.3, 0.4) is 0 Å². The van der Waals surface area contributed by atoms with Crippen LogP contribution >= 0.6 is 11.6 Å². The van der Waals surface area contributed by atoms with Crippen LogP contribution in [-0.2, 0) is 12.8 Å². The molecule has 5 nitrogen and oxygen atoms in total. The van der Waals surface area contributed by atoms with E-state index in [9.17, 15) is 9.18 Å². The van der Waals surface area contributed by atoms with Gasteiger partial charge in [0, 0.05) is 17.5 Å². The lowest BCUT2D eigenvalue weighted by Gasteiger charge is -2.05. The van der Waals surface area contributed by atoms with Crippen LogP contribution in [0.25, 0.3) is 11.3 Å². The van der Waals surface area contributed by atoms with E-state index in [0.717, 1.165) is 5.56 Å². The molecule has 0 aliphatic rings. The van der Waals surface area contributed by atoms with Crippen LogP contribution < -0.4 is 5.73 Å². The number of rotatable bonds is 5. The number of halogens is 2. The summed E-state index contributed by atoms with van der Waals surface area (Å²) in [6, 6.07) is 13.1. The molecule has 1 aromatic heterocycles. The molecule has 26 heavy (non-hydrogen) atoms. The Morgan fingerprint density at radius 3 is 2.73 bits per heavy atom. The summed E-state index contributed by atoms with van der Waals surface area (Å²) in [6.07, 6.45) is 1.05. The number of nitriles is 1. The molecular formula is C19H14ClFN4O. The number of hydrogen-bond acceptors (Lipinski definition) is 3. The zero-order valence-electron chi connectivity index (χ0n) is 13.6. The maximum atomic E-state index is 13.8. The number of benzene rings is 2. The van der Waals surface area contributed by atoms with Gasteiger partial charge in [-0.25, -0.2) is 9.37 Å². The van der Waals surface area contributed by atoms with Gasteiger partial charge in [-0.15, -0.1) is 0 Å². The molecule has 1 amide bonds. The number of H-pyrrole nitrogens is 1. The molecule has 0 unspecified atom stereocenters. The minimum Gasteiger partial charge on any atom is -0.366 e. The minimum absolute atomic E-state index is 0.0382. The lowest BCUT2D eigenvalue weighted by molar-refractivity contribution is 0.0999. The predicted octanol–water partition coefficient (Wildman–Crippen LogP) is 3.62. The monoisotopic (exact) mass is 368 g/mol. The van der Waals surface area contributed by atoms with E-state index in [4.69, 9.17) is 22.6 Å². The van der Waals surface area contributed by atoms with Crippen molar-refractivity contribution in [2.45, 2.75) is 12.8 Å². The number of nitrogens with two attached hydrogens (primary N) is 1. The molecule has 0 saturated carbocycles. The first-order valence-electron chi connectivity index (χ1n) is 7.81. The van der Waals surface area contributed by atoms with Crippen molar-refractivity contribution in [1.82, 2.24) is 9.97 Å². The van der Waals surface area contributed by atoms with Gasteiger partial charge >= 0.3 is 0 Å². The molecule has 0 saturated heterocycles. The molecule has 0 fully saturated rings. The topological polar surface area (TPSA) is 95.6 Å². The average Bonchev–Trinajstić information content (AvgIpc) is 3.00. The van der Waals surface area contributed by atoms with Gasteiger partial charge in [-0.3, -0.25) is 4.79 Å². The number of aryl methyl sites for hydroxylation is 2. The standard InChI is InChI=1S/C19H14ClFN4O/c20-18-17(12-5-6-13(10-22)15(21)9-12)24-16(25-18)8-7-11-3-1-2-4-14(11)19(23)26/h1-6,9H,7-8H2,(H2,23,26)(H,24,25). The van der Waals surface area contributed by atoms with E-state index < -0.39 is 11.7 Å². The highest BCUT2D eigenvalue weighted by Crippen LogP contribution is 2.27. The van der Waals surface area contributed by atoms with E-state index >= 15 is 0 Å². The average molecular weight is 369 g/mol. The van der Waals surface area contributed by atoms with E-state index in [0.29, 0.717) is 35.5 Å². The molecule has 0 aliphatic carbocycles. The van der Waals surface area contributed by atoms with Crippen molar-refractivity contribution < 1.29 is 9.18 Å². The molecular weight excluding hydrogens is 355 g/mol. The summed E-state index contributed by atoms with van der Waals surface area (Å²) in [5, 5.41) is 9.09. The number of nitrogens with one attached hydrogen (secondary N) is 1. The van der Waals surface area contributed by atoms with Gasteiger partial charge < -0.3 is 10.7 Å². The number of amides is 1. The first-order chi connectivity index (χ1) is 12.5. The smallest absolute Gasteiger partial charge is 0.248 e. The highest BCUT2D eigenvalue weighted by Gasteiger charge is 2.14. The van der Waals surface area contributed by atoms with Gasteiger partial charge in [0.2, 0.25) is 5.91 Å². The number of hydrogen-bond donors (Lipinski definition) is 2. The summed E-state index contributed by atoms with van der Waals surface area (Å²) >= 11 is 6.19. The number of aromatic nitrogens is 2. The second kappa shape index (κ2) is 7.38. The third-order valence-corrected chi connectivity index (χ3v) is 4.26. The molecule has 0 spiro atoms. The molecule has 7 heteroatoms. The normalized spacial score (nSPS) is 10.5. The molecule has 130 valence electrons. The van der Waals surface area contributed by atoms with Gasteiger partial charge in [0.1, 0.15) is 28.6 Å². The third kappa shape index (κ3) is 3.58. The van der Waals surface area contributed by atoms with Gasteiger partial charge in [0.05, 0.1) is 5.56 Å². The van der Waals surface area contributed by atoms with Crippen molar-refractivity contribution in [1.29, 1.82) is 5.26 Å². The van der Waals surface area contributed by atoms with Crippen molar-refractivity contribution in [3.8, 4) is 17.3 Å². The third-order valence-electron chi connectivity index (χ3n) is 3.99. The summed E-state index contributed by atoms with van der Waals surface area (Å²) in [5.74, 6) is -0.498. The van der Waals surface area contributed by atoms with Crippen LogP contribution in [0.5, 0.6) is 0 Å². The number of aromatic amines is 1. The Morgan fingerprint density at radius 1 is 1.27 bits per heavy atom. The first-order valence-corrected chi connectivity index (χ1v) is 8.19. The summed E-state index contributed by atoms with van der Waals surface area (Å²) in [7, 11) is 0. The number of carbonyl (C=O) groups excluding carboxylic acids is 1. The fraction of sp³-hybridized carbons (Fsp3) is 0.105. The summed E-state index contributed by atoms with van der Waals surface area (Å²) < 4.78 is 13.8. The number of nitrogens with zero attached hydrogens (tertiary/aromatic N) is 2. The maximum absolute atomic E-state index is 13.8. The summed E-state index contributed by atoms with van der Waals surface area (Å²) in [4.78, 5) is 18.9. The molecule has 0 radical (unpaired) electrons. The van der Waals surface area contributed by atoms with E-state index in [2.05, 4.69) is 9.97 Å². The molecule has 3 N–H and O–H groups in total.